The summed E-state index contributed by atoms with van der Waals surface area (Å²) in [5.74, 6) is 0.0114. The summed E-state index contributed by atoms with van der Waals surface area (Å²) in [7, 11) is 1.86. The summed E-state index contributed by atoms with van der Waals surface area (Å²) in [6.45, 7) is 0. The Balaban J connectivity index is 1.45. The van der Waals surface area contributed by atoms with E-state index in [0.717, 1.165) is 35.1 Å². The van der Waals surface area contributed by atoms with Gasteiger partial charge >= 0.3 is 0 Å². The third-order valence-electron chi connectivity index (χ3n) is 5.66. The quantitative estimate of drug-likeness (QED) is 0.356. The van der Waals surface area contributed by atoms with Crippen LogP contribution in [0.4, 0.5) is 5.82 Å². The molecule has 4 aromatic rings. The first-order chi connectivity index (χ1) is 16.5. The Hall–Kier alpha value is -3.95. The van der Waals surface area contributed by atoms with Crippen molar-refractivity contribution in [1.82, 2.24) is 14.8 Å². The van der Waals surface area contributed by atoms with Crippen molar-refractivity contribution in [3.63, 3.8) is 0 Å². The second-order valence-electron chi connectivity index (χ2n) is 8.13. The van der Waals surface area contributed by atoms with Gasteiger partial charge in [0.2, 0.25) is 5.91 Å². The van der Waals surface area contributed by atoms with Crippen molar-refractivity contribution in [2.45, 2.75) is 25.2 Å². The molecule has 7 heteroatoms. The summed E-state index contributed by atoms with van der Waals surface area (Å²) in [6.07, 6.45) is 7.69. The molecule has 2 aromatic heterocycles. The number of nitrogens with zero attached hydrogens (tertiary/aromatic N) is 4. The lowest BCUT2D eigenvalue weighted by Crippen LogP contribution is -2.22. The molecule has 34 heavy (non-hydrogen) atoms. The van der Waals surface area contributed by atoms with Gasteiger partial charge in [0.05, 0.1) is 23.7 Å². The van der Waals surface area contributed by atoms with Crippen LogP contribution in [0.15, 0.2) is 79.3 Å². The zero-order valence-corrected chi connectivity index (χ0v) is 19.5. The van der Waals surface area contributed by atoms with Crippen molar-refractivity contribution in [2.24, 2.45) is 7.05 Å². The number of aromatic nitrogens is 3. The lowest BCUT2D eigenvalue weighted by molar-refractivity contribution is -0.117. The first-order valence-corrected chi connectivity index (χ1v) is 11.4. The molecule has 4 rings (SSSR count). The minimum absolute atomic E-state index is 0.122. The third-order valence-corrected chi connectivity index (χ3v) is 5.90. The molecule has 0 spiro atoms. The van der Waals surface area contributed by atoms with Crippen LogP contribution in [-0.4, -0.2) is 20.7 Å². The maximum Gasteiger partial charge on any atom is 0.233 e. The number of anilines is 1. The number of nitriles is 1. The lowest BCUT2D eigenvalue weighted by atomic mass is 9.91. The Morgan fingerprint density at radius 3 is 2.59 bits per heavy atom. The molecular formula is C27H24ClN5O. The average molecular weight is 470 g/mol. The molecule has 0 bridgehead atoms. The van der Waals surface area contributed by atoms with Gasteiger partial charge < -0.3 is 5.32 Å². The fourth-order valence-electron chi connectivity index (χ4n) is 3.85. The number of hydrogen-bond donors (Lipinski definition) is 1. The summed E-state index contributed by atoms with van der Waals surface area (Å²) in [4.78, 5) is 17.7. The smallest absolute Gasteiger partial charge is 0.233 e. The molecule has 0 aliphatic heterocycles. The fraction of sp³-hybridized carbons (Fsp3) is 0.185. The lowest BCUT2D eigenvalue weighted by Gasteiger charge is -2.17. The van der Waals surface area contributed by atoms with Crippen LogP contribution in [0, 0.1) is 11.3 Å². The molecule has 0 radical (unpaired) electrons. The van der Waals surface area contributed by atoms with Gasteiger partial charge in [0, 0.05) is 35.6 Å². The van der Waals surface area contributed by atoms with E-state index in [4.69, 9.17) is 16.9 Å². The molecule has 0 aliphatic carbocycles. The number of rotatable bonds is 8. The van der Waals surface area contributed by atoms with E-state index in [2.05, 4.69) is 21.5 Å². The number of carbonyl (C=O) groups excluding carboxylic acids is 1. The summed E-state index contributed by atoms with van der Waals surface area (Å²) < 4.78 is 1.73. The molecule has 2 heterocycles. The molecule has 0 saturated carbocycles. The predicted octanol–water partition coefficient (Wildman–Crippen LogP) is 5.75. The van der Waals surface area contributed by atoms with E-state index in [1.54, 1.807) is 29.2 Å². The molecule has 6 nitrogen and oxygen atoms in total. The van der Waals surface area contributed by atoms with E-state index >= 15 is 0 Å². The largest absolute Gasteiger partial charge is 0.310 e. The van der Waals surface area contributed by atoms with Crippen LogP contribution in [-0.2, 0) is 18.3 Å². The number of carbonyl (C=O) groups is 1. The molecule has 0 fully saturated rings. The number of aryl methyl sites for hydroxylation is 2. The maximum absolute atomic E-state index is 13.3. The summed E-state index contributed by atoms with van der Waals surface area (Å²) in [5.41, 5.74) is 4.54. The molecule has 1 N–H and O–H groups in total. The van der Waals surface area contributed by atoms with E-state index in [1.807, 2.05) is 61.8 Å². The average Bonchev–Trinajstić information content (AvgIpc) is 3.29. The zero-order chi connectivity index (χ0) is 23.9. The highest BCUT2D eigenvalue weighted by Crippen LogP contribution is 2.27. The van der Waals surface area contributed by atoms with Gasteiger partial charge in [-0.15, -0.1) is 0 Å². The van der Waals surface area contributed by atoms with Crippen LogP contribution in [0.1, 0.15) is 35.4 Å². The second kappa shape index (κ2) is 10.8. The number of hydrogen-bond acceptors (Lipinski definition) is 4. The highest BCUT2D eigenvalue weighted by atomic mass is 35.5. The van der Waals surface area contributed by atoms with Crippen LogP contribution >= 0.6 is 11.6 Å². The topological polar surface area (TPSA) is 83.6 Å². The van der Waals surface area contributed by atoms with E-state index in [0.29, 0.717) is 22.8 Å². The first kappa shape index (κ1) is 23.2. The zero-order valence-electron chi connectivity index (χ0n) is 18.8. The van der Waals surface area contributed by atoms with Crippen LogP contribution in [0.5, 0.6) is 0 Å². The van der Waals surface area contributed by atoms with Gasteiger partial charge in [-0.3, -0.25) is 9.48 Å². The molecular weight excluding hydrogens is 446 g/mol. The fourth-order valence-corrected chi connectivity index (χ4v) is 4.05. The minimum Gasteiger partial charge on any atom is -0.310 e. The van der Waals surface area contributed by atoms with Gasteiger partial charge in [0.1, 0.15) is 5.82 Å². The Labute approximate surface area is 203 Å². The molecule has 170 valence electrons. The van der Waals surface area contributed by atoms with Crippen LogP contribution in [0.2, 0.25) is 5.02 Å². The summed E-state index contributed by atoms with van der Waals surface area (Å²) in [6, 6.07) is 20.8. The number of nitrogens with one attached hydrogen (secondary N) is 1. The highest BCUT2D eigenvalue weighted by Gasteiger charge is 2.21. The molecule has 1 atom stereocenters. The van der Waals surface area contributed by atoms with E-state index in [9.17, 15) is 4.79 Å². The number of pyridine rings is 1. The maximum atomic E-state index is 13.3. The molecule has 0 saturated heterocycles. The van der Waals surface area contributed by atoms with Gasteiger partial charge in [-0.25, -0.2) is 4.98 Å². The van der Waals surface area contributed by atoms with Crippen molar-refractivity contribution >= 4 is 23.3 Å². The van der Waals surface area contributed by atoms with Crippen molar-refractivity contribution in [3.8, 4) is 17.2 Å². The van der Waals surface area contributed by atoms with E-state index in [1.165, 1.54) is 0 Å². The Bertz CT molecular complexity index is 1310. The summed E-state index contributed by atoms with van der Waals surface area (Å²) >= 11 is 6.21. The van der Waals surface area contributed by atoms with Gasteiger partial charge in [0.15, 0.2) is 0 Å². The van der Waals surface area contributed by atoms with Gasteiger partial charge in [-0.2, -0.15) is 10.4 Å². The van der Waals surface area contributed by atoms with Crippen LogP contribution < -0.4 is 5.32 Å². The van der Waals surface area contributed by atoms with Crippen molar-refractivity contribution in [1.29, 1.82) is 5.26 Å². The third kappa shape index (κ3) is 5.89. The highest BCUT2D eigenvalue weighted by molar-refractivity contribution is 6.30. The Morgan fingerprint density at radius 2 is 1.94 bits per heavy atom. The molecule has 1 amide bonds. The van der Waals surface area contributed by atoms with Crippen LogP contribution in [0.25, 0.3) is 11.1 Å². The SMILES string of the molecule is Cn1cc(-c2ccc(NC(=O)C(CCCc3ccc(C#N)cc3)c3cccc(Cl)c3)nc2)cn1. The van der Waals surface area contributed by atoms with Gasteiger partial charge in [0.25, 0.3) is 0 Å². The normalized spacial score (nSPS) is 11.6. The Kier molecular flexibility index (Phi) is 7.36. The number of amides is 1. The van der Waals surface area contributed by atoms with Crippen molar-refractivity contribution in [3.05, 3.63) is 101 Å². The van der Waals surface area contributed by atoms with E-state index in [-0.39, 0.29) is 11.8 Å². The monoisotopic (exact) mass is 469 g/mol. The first-order valence-electron chi connectivity index (χ1n) is 11.0. The molecule has 0 aliphatic rings. The predicted molar refractivity (Wildman–Crippen MR) is 133 cm³/mol. The number of benzene rings is 2. The summed E-state index contributed by atoms with van der Waals surface area (Å²) in [5, 5.41) is 16.7. The number of halogens is 1. The van der Waals surface area contributed by atoms with Crippen LogP contribution in [0.3, 0.4) is 0 Å². The van der Waals surface area contributed by atoms with Crippen molar-refractivity contribution in [2.75, 3.05) is 5.32 Å². The second-order valence-corrected chi connectivity index (χ2v) is 8.57. The molecule has 2 aromatic carbocycles. The standard InChI is InChI=1S/C27H24ClN5O/c1-33-18-23(17-31-33)22-12-13-26(30-16-22)32-27(34)25(21-5-3-6-24(28)14-21)7-2-4-19-8-10-20(15-29)11-9-19/h3,5-6,8-14,16-18,25H,2,4,7H2,1H3,(H,30,32,34). The minimum atomic E-state index is -0.364. The molecule has 1 unspecified atom stereocenters. The van der Waals surface area contributed by atoms with Gasteiger partial charge in [-0.1, -0.05) is 35.9 Å². The van der Waals surface area contributed by atoms with E-state index < -0.39 is 0 Å². The van der Waals surface area contributed by atoms with Crippen molar-refractivity contribution < 1.29 is 4.79 Å². The van der Waals surface area contributed by atoms with Gasteiger partial charge in [-0.05, 0) is 66.8 Å². The Morgan fingerprint density at radius 1 is 1.12 bits per heavy atom.